The number of rotatable bonds is 6. The molecule has 0 bridgehead atoms. The number of hydrogen-bond donors (Lipinski definition) is 2. The second-order valence-electron chi connectivity index (χ2n) is 5.86. The number of nitrogens with zero attached hydrogens (tertiary/aromatic N) is 2. The SMILES string of the molecule is CCc1ccccc1Nc1ccc(NS(=O)(=O)c2ccc(C)cc2)nn1. The van der Waals surface area contributed by atoms with Crippen LogP contribution in [0.25, 0.3) is 0 Å². The van der Waals surface area contributed by atoms with Crippen molar-refractivity contribution < 1.29 is 8.42 Å². The third-order valence-corrected chi connectivity index (χ3v) is 5.27. The summed E-state index contributed by atoms with van der Waals surface area (Å²) in [4.78, 5) is 0.184. The van der Waals surface area contributed by atoms with Crippen molar-refractivity contribution in [3.05, 3.63) is 71.8 Å². The van der Waals surface area contributed by atoms with Crippen molar-refractivity contribution in [1.82, 2.24) is 10.2 Å². The van der Waals surface area contributed by atoms with Crippen molar-refractivity contribution >= 4 is 27.3 Å². The first kappa shape index (κ1) is 17.9. The summed E-state index contributed by atoms with van der Waals surface area (Å²) in [7, 11) is -3.69. The smallest absolute Gasteiger partial charge is 0.263 e. The van der Waals surface area contributed by atoms with Crippen molar-refractivity contribution in [2.45, 2.75) is 25.2 Å². The molecule has 3 rings (SSSR count). The van der Waals surface area contributed by atoms with Gasteiger partial charge >= 0.3 is 0 Å². The minimum Gasteiger partial charge on any atom is -0.339 e. The zero-order valence-corrected chi connectivity index (χ0v) is 15.4. The predicted molar refractivity (Wildman–Crippen MR) is 103 cm³/mol. The van der Waals surface area contributed by atoms with E-state index in [-0.39, 0.29) is 10.7 Å². The topological polar surface area (TPSA) is 84.0 Å². The lowest BCUT2D eigenvalue weighted by Gasteiger charge is -2.10. The minimum atomic E-state index is -3.69. The third-order valence-electron chi connectivity index (χ3n) is 3.90. The molecule has 1 aromatic heterocycles. The second-order valence-corrected chi connectivity index (χ2v) is 7.54. The number of hydrogen-bond acceptors (Lipinski definition) is 5. The third kappa shape index (κ3) is 4.18. The standard InChI is InChI=1S/C19H20N4O2S/c1-3-15-6-4-5-7-17(15)20-18-12-13-19(22-21-18)23-26(24,25)16-10-8-14(2)9-11-16/h4-13H,3H2,1-2H3,(H,20,21)(H,22,23). The highest BCUT2D eigenvalue weighted by atomic mass is 32.2. The molecule has 6 nitrogen and oxygen atoms in total. The van der Waals surface area contributed by atoms with E-state index < -0.39 is 10.0 Å². The van der Waals surface area contributed by atoms with Crippen molar-refractivity contribution in [3.8, 4) is 0 Å². The first-order valence-electron chi connectivity index (χ1n) is 8.26. The zero-order chi connectivity index (χ0) is 18.6. The van der Waals surface area contributed by atoms with E-state index in [1.165, 1.54) is 5.56 Å². The Hall–Kier alpha value is -2.93. The van der Waals surface area contributed by atoms with Gasteiger partial charge in [-0.15, -0.1) is 10.2 Å². The van der Waals surface area contributed by atoms with E-state index in [0.29, 0.717) is 5.82 Å². The summed E-state index contributed by atoms with van der Waals surface area (Å²) in [5.74, 6) is 0.712. The van der Waals surface area contributed by atoms with Crippen LogP contribution < -0.4 is 10.0 Å². The van der Waals surface area contributed by atoms with Crippen LogP contribution in [-0.4, -0.2) is 18.6 Å². The first-order valence-corrected chi connectivity index (χ1v) is 9.74. The fraction of sp³-hybridized carbons (Fsp3) is 0.158. The van der Waals surface area contributed by atoms with E-state index in [2.05, 4.69) is 27.2 Å². The average Bonchev–Trinajstić information content (AvgIpc) is 2.64. The van der Waals surface area contributed by atoms with Gasteiger partial charge in [0.2, 0.25) is 0 Å². The van der Waals surface area contributed by atoms with Crippen molar-refractivity contribution in [3.63, 3.8) is 0 Å². The molecule has 2 N–H and O–H groups in total. The van der Waals surface area contributed by atoms with E-state index in [0.717, 1.165) is 17.7 Å². The van der Waals surface area contributed by atoms with Crippen LogP contribution in [-0.2, 0) is 16.4 Å². The molecule has 0 spiro atoms. The van der Waals surface area contributed by atoms with Crippen LogP contribution in [0.5, 0.6) is 0 Å². The van der Waals surface area contributed by atoms with E-state index >= 15 is 0 Å². The summed E-state index contributed by atoms with van der Waals surface area (Å²) in [6.45, 7) is 3.98. The highest BCUT2D eigenvalue weighted by Gasteiger charge is 2.14. The second kappa shape index (κ2) is 7.53. The Kier molecular flexibility index (Phi) is 5.18. The Balaban J connectivity index is 1.74. The first-order chi connectivity index (χ1) is 12.5. The van der Waals surface area contributed by atoms with Crippen molar-refractivity contribution in [2.75, 3.05) is 10.0 Å². The normalized spacial score (nSPS) is 11.2. The Bertz CT molecular complexity index is 985. The molecule has 1 heterocycles. The molecule has 0 aliphatic rings. The molecule has 0 aliphatic heterocycles. The van der Waals surface area contributed by atoms with Gasteiger partial charge in [0.1, 0.15) is 0 Å². The lowest BCUT2D eigenvalue weighted by atomic mass is 10.1. The summed E-state index contributed by atoms with van der Waals surface area (Å²) in [5.41, 5.74) is 3.11. The monoisotopic (exact) mass is 368 g/mol. The van der Waals surface area contributed by atoms with Crippen LogP contribution >= 0.6 is 0 Å². The fourth-order valence-electron chi connectivity index (χ4n) is 2.46. The minimum absolute atomic E-state index is 0.167. The van der Waals surface area contributed by atoms with Crippen LogP contribution in [0.1, 0.15) is 18.1 Å². The van der Waals surface area contributed by atoms with Gasteiger partial charge in [-0.05, 0) is 49.2 Å². The van der Waals surface area contributed by atoms with Gasteiger partial charge in [0.25, 0.3) is 10.0 Å². The molecule has 0 saturated carbocycles. The van der Waals surface area contributed by atoms with Crippen LogP contribution in [0.2, 0.25) is 0 Å². The van der Waals surface area contributed by atoms with E-state index in [1.807, 2.05) is 31.2 Å². The van der Waals surface area contributed by atoms with E-state index in [9.17, 15) is 8.42 Å². The van der Waals surface area contributed by atoms with Crippen LogP contribution in [0.3, 0.4) is 0 Å². The summed E-state index contributed by atoms with van der Waals surface area (Å²) >= 11 is 0. The summed E-state index contributed by atoms with van der Waals surface area (Å²) < 4.78 is 27.2. The van der Waals surface area contributed by atoms with E-state index in [1.54, 1.807) is 36.4 Å². The molecule has 0 saturated heterocycles. The maximum atomic E-state index is 12.4. The Morgan fingerprint density at radius 1 is 0.885 bits per heavy atom. The number of para-hydroxylation sites is 1. The number of sulfonamides is 1. The lowest BCUT2D eigenvalue weighted by Crippen LogP contribution is -2.14. The number of aryl methyl sites for hydroxylation is 2. The molecular weight excluding hydrogens is 348 g/mol. The Labute approximate surface area is 153 Å². The largest absolute Gasteiger partial charge is 0.339 e. The number of nitrogens with one attached hydrogen (secondary N) is 2. The quantitative estimate of drug-likeness (QED) is 0.689. The fourth-order valence-corrected chi connectivity index (χ4v) is 3.45. The highest BCUT2D eigenvalue weighted by Crippen LogP contribution is 2.21. The van der Waals surface area contributed by atoms with Gasteiger partial charge in [-0.1, -0.05) is 42.8 Å². The van der Waals surface area contributed by atoms with Gasteiger partial charge in [-0.3, -0.25) is 4.72 Å². The molecular formula is C19H20N4O2S. The molecule has 0 radical (unpaired) electrons. The number of anilines is 3. The van der Waals surface area contributed by atoms with Crippen molar-refractivity contribution in [1.29, 1.82) is 0 Å². The summed E-state index contributed by atoms with van der Waals surface area (Å²) in [5, 5.41) is 11.2. The van der Waals surface area contributed by atoms with Crippen LogP contribution in [0, 0.1) is 6.92 Å². The van der Waals surface area contributed by atoms with Crippen LogP contribution in [0.15, 0.2) is 65.6 Å². The molecule has 7 heteroatoms. The molecule has 0 aliphatic carbocycles. The highest BCUT2D eigenvalue weighted by molar-refractivity contribution is 7.92. The molecule has 134 valence electrons. The summed E-state index contributed by atoms with van der Waals surface area (Å²) in [6, 6.07) is 17.8. The Morgan fingerprint density at radius 3 is 2.19 bits per heavy atom. The van der Waals surface area contributed by atoms with Gasteiger partial charge < -0.3 is 5.32 Å². The zero-order valence-electron chi connectivity index (χ0n) is 14.6. The molecule has 0 atom stereocenters. The maximum Gasteiger partial charge on any atom is 0.263 e. The van der Waals surface area contributed by atoms with E-state index in [4.69, 9.17) is 0 Å². The molecule has 0 amide bonds. The molecule has 3 aromatic rings. The lowest BCUT2D eigenvalue weighted by molar-refractivity contribution is 0.601. The molecule has 0 fully saturated rings. The van der Waals surface area contributed by atoms with Gasteiger partial charge in [-0.25, -0.2) is 8.42 Å². The number of aromatic nitrogens is 2. The van der Waals surface area contributed by atoms with Gasteiger partial charge in [0, 0.05) is 5.69 Å². The molecule has 2 aromatic carbocycles. The van der Waals surface area contributed by atoms with Crippen LogP contribution in [0.4, 0.5) is 17.3 Å². The summed E-state index contributed by atoms with van der Waals surface area (Å²) in [6.07, 6.45) is 0.894. The number of benzene rings is 2. The maximum absolute atomic E-state index is 12.4. The molecule has 0 unspecified atom stereocenters. The van der Waals surface area contributed by atoms with Gasteiger partial charge in [0.05, 0.1) is 4.90 Å². The molecule has 26 heavy (non-hydrogen) atoms. The predicted octanol–water partition coefficient (Wildman–Crippen LogP) is 3.89. The van der Waals surface area contributed by atoms with Crippen molar-refractivity contribution in [2.24, 2.45) is 0 Å². The average molecular weight is 368 g/mol. The van der Waals surface area contributed by atoms with Gasteiger partial charge in [0.15, 0.2) is 11.6 Å². The van der Waals surface area contributed by atoms with Gasteiger partial charge in [-0.2, -0.15) is 0 Å². The Morgan fingerprint density at radius 2 is 1.54 bits per heavy atom.